The van der Waals surface area contributed by atoms with Gasteiger partial charge >= 0.3 is 0 Å². The van der Waals surface area contributed by atoms with Gasteiger partial charge in [-0.05, 0) is 59.2 Å². The summed E-state index contributed by atoms with van der Waals surface area (Å²) in [5.41, 5.74) is 3.63. The largest absolute Gasteiger partial charge is 0.497 e. The summed E-state index contributed by atoms with van der Waals surface area (Å²) >= 11 is 0. The van der Waals surface area contributed by atoms with Crippen molar-refractivity contribution in [3.63, 3.8) is 0 Å². The molecular weight excluding hydrogens is 544 g/mol. The van der Waals surface area contributed by atoms with Crippen molar-refractivity contribution in [2.45, 2.75) is 38.1 Å². The minimum absolute atomic E-state index is 0.115. The molecule has 4 nitrogen and oxygen atoms in total. The predicted molar refractivity (Wildman–Crippen MR) is 179 cm³/mol. The first-order valence-electron chi connectivity index (χ1n) is 15.2. The topological polar surface area (TPSA) is 44.8 Å². The molecule has 4 rings (SSSR count). The normalized spacial score (nSPS) is 13.4. The third kappa shape index (κ3) is 9.00. The number of rotatable bonds is 17. The lowest BCUT2D eigenvalue weighted by molar-refractivity contribution is -0.104. The summed E-state index contributed by atoms with van der Waals surface area (Å²) in [7, 11) is 1.66. The Morgan fingerprint density at radius 3 is 1.80 bits per heavy atom. The third-order valence-electron chi connectivity index (χ3n) is 7.58. The first kappa shape index (κ1) is 32.4. The zero-order valence-corrected chi connectivity index (χ0v) is 25.6. The minimum Gasteiger partial charge on any atom is -0.497 e. The molecule has 0 N–H and O–H groups in total. The van der Waals surface area contributed by atoms with Gasteiger partial charge in [0.2, 0.25) is 0 Å². The molecule has 0 unspecified atom stereocenters. The van der Waals surface area contributed by atoms with Crippen molar-refractivity contribution in [3.8, 4) is 5.75 Å². The van der Waals surface area contributed by atoms with Gasteiger partial charge in [-0.15, -0.1) is 0 Å². The molecule has 0 aliphatic rings. The first-order chi connectivity index (χ1) is 21.7. The quantitative estimate of drug-likeness (QED) is 0.0408. The molecule has 0 saturated carbocycles. The highest BCUT2D eigenvalue weighted by atomic mass is 16.5. The van der Waals surface area contributed by atoms with E-state index in [2.05, 4.69) is 97.9 Å². The lowest BCUT2D eigenvalue weighted by Crippen LogP contribution is -2.33. The summed E-state index contributed by atoms with van der Waals surface area (Å²) < 4.78 is 18.4. The molecule has 4 heteroatoms. The number of ether oxygens (including phenoxy) is 3. The van der Waals surface area contributed by atoms with E-state index in [0.717, 1.165) is 47.1 Å². The maximum atomic E-state index is 10.8. The van der Waals surface area contributed by atoms with Crippen LogP contribution in [0.4, 0.5) is 0 Å². The number of hydrogen-bond donors (Lipinski definition) is 0. The van der Waals surface area contributed by atoms with Crippen molar-refractivity contribution < 1.29 is 19.0 Å². The van der Waals surface area contributed by atoms with Crippen molar-refractivity contribution in [2.24, 2.45) is 5.92 Å². The fourth-order valence-electron chi connectivity index (χ4n) is 5.20. The van der Waals surface area contributed by atoms with E-state index in [9.17, 15) is 4.79 Å². The van der Waals surface area contributed by atoms with Crippen LogP contribution in [0.1, 0.15) is 42.0 Å². The molecule has 0 aliphatic heterocycles. The van der Waals surface area contributed by atoms with Crippen LogP contribution in [0.2, 0.25) is 0 Å². The Balaban J connectivity index is 1.44. The molecule has 0 radical (unpaired) electrons. The van der Waals surface area contributed by atoms with Crippen LogP contribution < -0.4 is 4.74 Å². The van der Waals surface area contributed by atoms with Crippen molar-refractivity contribution in [3.05, 3.63) is 174 Å². The summed E-state index contributed by atoms with van der Waals surface area (Å²) in [6.45, 7) is 3.15. The highest BCUT2D eigenvalue weighted by Crippen LogP contribution is 2.40. The average molecular weight is 587 g/mol. The number of methoxy groups -OCH3 is 1. The molecule has 0 spiro atoms. The summed E-state index contributed by atoms with van der Waals surface area (Å²) in [5.74, 6) is 1.01. The SMILES string of the molecule is COc1ccc(CO[C@H](/C=C\C=C\CCOC(c2ccccc2)(c2ccccc2)c2ccccc2)[C@H](C)C/C=C/C=O)cc1. The standard InChI is InChI=1S/C40H42O4/c1-33(18-15-16-30-41)39(43-32-34-26-28-38(42-2)29-27-34)25-14-3-4-17-31-44-40(35-19-8-5-9-20-35,36-21-10-6-11-22-36)37-23-12-7-13-24-37/h3-16,19-30,33,39H,17-18,31-32H2,1-2H3/b4-3+,16-15+,25-14-/t33-,39-/m1/s1. The number of allylic oxidation sites excluding steroid dienone is 4. The van der Waals surface area contributed by atoms with Crippen LogP contribution in [0.25, 0.3) is 0 Å². The van der Waals surface area contributed by atoms with Crippen LogP contribution in [0.15, 0.2) is 152 Å². The number of carbonyl (C=O) groups excluding carboxylic acids is 1. The van der Waals surface area contributed by atoms with Crippen LogP contribution in [0.3, 0.4) is 0 Å². The zero-order chi connectivity index (χ0) is 30.9. The van der Waals surface area contributed by atoms with Gasteiger partial charge in [0.05, 0.1) is 26.4 Å². The predicted octanol–water partition coefficient (Wildman–Crippen LogP) is 8.87. The molecule has 0 aliphatic carbocycles. The van der Waals surface area contributed by atoms with Gasteiger partial charge in [-0.25, -0.2) is 0 Å². The summed E-state index contributed by atoms with van der Waals surface area (Å²) in [6.07, 6.45) is 13.9. The van der Waals surface area contributed by atoms with Crippen LogP contribution in [0.5, 0.6) is 5.75 Å². The van der Waals surface area contributed by atoms with Crippen molar-refractivity contribution in [1.29, 1.82) is 0 Å². The molecule has 0 heterocycles. The Hall–Kier alpha value is -4.51. The molecule has 0 bridgehead atoms. The molecule has 0 amide bonds. The first-order valence-corrected chi connectivity index (χ1v) is 15.2. The second-order valence-corrected chi connectivity index (χ2v) is 10.6. The van der Waals surface area contributed by atoms with Crippen LogP contribution in [0, 0.1) is 5.92 Å². The second kappa shape index (κ2) is 17.6. The summed E-state index contributed by atoms with van der Waals surface area (Å²) in [4.78, 5) is 10.8. The Kier molecular flexibility index (Phi) is 12.9. The number of benzene rings is 4. The molecule has 0 saturated heterocycles. The van der Waals surface area contributed by atoms with Crippen LogP contribution >= 0.6 is 0 Å². The van der Waals surface area contributed by atoms with E-state index in [-0.39, 0.29) is 12.0 Å². The molecule has 4 aromatic carbocycles. The molecular formula is C40H42O4. The van der Waals surface area contributed by atoms with Gasteiger partial charge in [-0.1, -0.05) is 140 Å². The van der Waals surface area contributed by atoms with Crippen molar-refractivity contribution >= 4 is 6.29 Å². The second-order valence-electron chi connectivity index (χ2n) is 10.6. The van der Waals surface area contributed by atoms with E-state index in [1.54, 1.807) is 13.2 Å². The lowest BCUT2D eigenvalue weighted by atomic mass is 9.80. The van der Waals surface area contributed by atoms with Crippen LogP contribution in [-0.2, 0) is 26.5 Å². The lowest BCUT2D eigenvalue weighted by Gasteiger charge is -2.36. The van der Waals surface area contributed by atoms with Crippen molar-refractivity contribution in [2.75, 3.05) is 13.7 Å². The van der Waals surface area contributed by atoms with E-state index in [4.69, 9.17) is 14.2 Å². The van der Waals surface area contributed by atoms with Crippen LogP contribution in [-0.4, -0.2) is 26.1 Å². The Bertz CT molecular complexity index is 1360. The highest BCUT2D eigenvalue weighted by molar-refractivity contribution is 5.64. The number of carbonyl (C=O) groups is 1. The monoisotopic (exact) mass is 586 g/mol. The highest BCUT2D eigenvalue weighted by Gasteiger charge is 2.37. The van der Waals surface area contributed by atoms with Gasteiger partial charge in [0.1, 0.15) is 17.6 Å². The maximum absolute atomic E-state index is 10.8. The smallest absolute Gasteiger partial charge is 0.143 e. The minimum atomic E-state index is -0.724. The Morgan fingerprint density at radius 1 is 0.705 bits per heavy atom. The van der Waals surface area contributed by atoms with E-state index >= 15 is 0 Å². The fraction of sp³-hybridized carbons (Fsp3) is 0.225. The van der Waals surface area contributed by atoms with Gasteiger partial charge in [0.15, 0.2) is 0 Å². The maximum Gasteiger partial charge on any atom is 0.143 e. The molecule has 2 atom stereocenters. The Labute approximate surface area is 262 Å². The molecule has 0 fully saturated rings. The van der Waals surface area contributed by atoms with E-state index in [1.807, 2.05) is 54.6 Å². The summed E-state index contributed by atoms with van der Waals surface area (Å²) in [6, 6.07) is 39.2. The number of aldehydes is 1. The molecule has 0 aromatic heterocycles. The summed E-state index contributed by atoms with van der Waals surface area (Å²) in [5, 5.41) is 0. The van der Waals surface area contributed by atoms with Gasteiger partial charge in [-0.2, -0.15) is 0 Å². The van der Waals surface area contributed by atoms with E-state index < -0.39 is 5.60 Å². The van der Waals surface area contributed by atoms with Crippen molar-refractivity contribution in [1.82, 2.24) is 0 Å². The third-order valence-corrected chi connectivity index (χ3v) is 7.58. The average Bonchev–Trinajstić information content (AvgIpc) is 3.09. The molecule has 226 valence electrons. The fourth-order valence-corrected chi connectivity index (χ4v) is 5.20. The molecule has 4 aromatic rings. The van der Waals surface area contributed by atoms with Gasteiger partial charge in [-0.3, -0.25) is 4.79 Å². The zero-order valence-electron chi connectivity index (χ0n) is 25.6. The molecule has 44 heavy (non-hydrogen) atoms. The van der Waals surface area contributed by atoms with Gasteiger partial charge in [0, 0.05) is 0 Å². The Morgan fingerprint density at radius 2 is 1.27 bits per heavy atom. The van der Waals surface area contributed by atoms with E-state index in [1.165, 1.54) is 0 Å². The number of hydrogen-bond acceptors (Lipinski definition) is 4. The van der Waals surface area contributed by atoms with E-state index in [0.29, 0.717) is 13.2 Å². The van der Waals surface area contributed by atoms with Gasteiger partial charge < -0.3 is 14.2 Å². The van der Waals surface area contributed by atoms with Gasteiger partial charge in [0.25, 0.3) is 0 Å².